The lowest BCUT2D eigenvalue weighted by atomic mass is 10.1. The molecule has 0 fully saturated rings. The zero-order valence-corrected chi connectivity index (χ0v) is 11.9. The van der Waals surface area contributed by atoms with E-state index in [9.17, 15) is 4.79 Å². The van der Waals surface area contributed by atoms with Gasteiger partial charge in [-0.15, -0.1) is 0 Å². The fourth-order valence-electron chi connectivity index (χ4n) is 1.50. The molecule has 0 spiro atoms. The van der Waals surface area contributed by atoms with Crippen LogP contribution in [0.15, 0.2) is 35.1 Å². The van der Waals surface area contributed by atoms with Crippen molar-refractivity contribution in [3.8, 4) is 5.75 Å². The Labute approximate surface area is 118 Å². The Kier molecular flexibility index (Phi) is 4.04. The summed E-state index contributed by atoms with van der Waals surface area (Å²) >= 11 is 9.25. The smallest absolute Gasteiger partial charge is 0.184 e. The van der Waals surface area contributed by atoms with Crippen LogP contribution < -0.4 is 4.74 Å². The minimum Gasteiger partial charge on any atom is -0.495 e. The number of rotatable bonds is 4. The number of nitrogens with zero attached hydrogens (tertiary/aromatic N) is 2. The van der Waals surface area contributed by atoms with Gasteiger partial charge in [0, 0.05) is 11.8 Å². The van der Waals surface area contributed by atoms with E-state index in [4.69, 9.17) is 16.3 Å². The predicted molar refractivity (Wildman–Crippen MR) is 72.3 cm³/mol. The van der Waals surface area contributed by atoms with Crippen LogP contribution in [-0.4, -0.2) is 22.7 Å². The molecular formula is C12H10BrClN2O2. The third kappa shape index (κ3) is 2.91. The quantitative estimate of drug-likeness (QED) is 0.809. The molecule has 94 valence electrons. The summed E-state index contributed by atoms with van der Waals surface area (Å²) in [6.45, 7) is 0.175. The van der Waals surface area contributed by atoms with Gasteiger partial charge in [0.1, 0.15) is 12.3 Å². The van der Waals surface area contributed by atoms with Crippen molar-refractivity contribution < 1.29 is 9.53 Å². The molecule has 0 N–H and O–H groups in total. The van der Waals surface area contributed by atoms with Gasteiger partial charge in [0.25, 0.3) is 0 Å². The van der Waals surface area contributed by atoms with Crippen molar-refractivity contribution in [1.82, 2.24) is 9.78 Å². The Bertz CT molecular complexity index is 583. The first-order chi connectivity index (χ1) is 8.60. The maximum Gasteiger partial charge on any atom is 0.184 e. The van der Waals surface area contributed by atoms with E-state index < -0.39 is 0 Å². The molecule has 0 saturated carbocycles. The van der Waals surface area contributed by atoms with E-state index in [-0.39, 0.29) is 12.3 Å². The molecule has 1 aromatic heterocycles. The van der Waals surface area contributed by atoms with Crippen molar-refractivity contribution >= 4 is 33.3 Å². The summed E-state index contributed by atoms with van der Waals surface area (Å²) < 4.78 is 7.43. The van der Waals surface area contributed by atoms with E-state index in [2.05, 4.69) is 21.0 Å². The highest BCUT2D eigenvalue weighted by Crippen LogP contribution is 2.25. The van der Waals surface area contributed by atoms with Crippen molar-refractivity contribution in [3.63, 3.8) is 0 Å². The maximum absolute atomic E-state index is 12.0. The largest absolute Gasteiger partial charge is 0.495 e. The van der Waals surface area contributed by atoms with Crippen molar-refractivity contribution in [1.29, 1.82) is 0 Å². The van der Waals surface area contributed by atoms with Crippen LogP contribution in [0.25, 0.3) is 0 Å². The molecule has 6 heteroatoms. The number of aromatic nitrogens is 2. The van der Waals surface area contributed by atoms with Gasteiger partial charge in [-0.25, -0.2) is 0 Å². The van der Waals surface area contributed by atoms with Crippen molar-refractivity contribution in [2.24, 2.45) is 0 Å². The molecule has 1 aromatic carbocycles. The summed E-state index contributed by atoms with van der Waals surface area (Å²) in [5, 5.41) is 4.45. The van der Waals surface area contributed by atoms with Crippen molar-refractivity contribution in [3.05, 3.63) is 45.7 Å². The normalized spacial score (nSPS) is 10.4. The second kappa shape index (κ2) is 5.54. The van der Waals surface area contributed by atoms with Crippen LogP contribution in [0.1, 0.15) is 10.4 Å². The van der Waals surface area contributed by atoms with Gasteiger partial charge in [-0.3, -0.25) is 9.48 Å². The second-order valence-electron chi connectivity index (χ2n) is 3.63. The molecule has 0 amide bonds. The number of Topliss-reactive ketones (excluding diaryl/α,β-unsaturated/α-hetero) is 1. The molecule has 0 aliphatic rings. The van der Waals surface area contributed by atoms with Crippen LogP contribution >= 0.6 is 27.5 Å². The number of halogens is 2. The van der Waals surface area contributed by atoms with E-state index in [1.165, 1.54) is 7.11 Å². The van der Waals surface area contributed by atoms with Gasteiger partial charge in [0.05, 0.1) is 22.8 Å². The summed E-state index contributed by atoms with van der Waals surface area (Å²) in [5.41, 5.74) is 0.535. The summed E-state index contributed by atoms with van der Waals surface area (Å²) in [6, 6.07) is 4.96. The van der Waals surface area contributed by atoms with Crippen molar-refractivity contribution in [2.75, 3.05) is 7.11 Å². The fraction of sp³-hybridized carbons (Fsp3) is 0.167. The van der Waals surface area contributed by atoms with Crippen LogP contribution in [0.5, 0.6) is 5.75 Å². The third-order valence-corrected chi connectivity index (χ3v) is 3.09. The molecule has 18 heavy (non-hydrogen) atoms. The minimum atomic E-state index is -0.0600. The van der Waals surface area contributed by atoms with Gasteiger partial charge in [0.15, 0.2) is 5.78 Å². The van der Waals surface area contributed by atoms with Crippen molar-refractivity contribution in [2.45, 2.75) is 6.54 Å². The molecule has 1 heterocycles. The first-order valence-corrected chi connectivity index (χ1v) is 6.32. The lowest BCUT2D eigenvalue weighted by molar-refractivity contribution is 0.0967. The number of hydrogen-bond donors (Lipinski definition) is 0. The summed E-state index contributed by atoms with van der Waals surface area (Å²) in [4.78, 5) is 12.0. The Balaban J connectivity index is 2.16. The molecule has 0 aliphatic heterocycles. The van der Waals surface area contributed by atoms with E-state index in [0.717, 1.165) is 4.47 Å². The number of carbonyl (C=O) groups is 1. The molecule has 0 saturated heterocycles. The van der Waals surface area contributed by atoms with Gasteiger partial charge < -0.3 is 4.74 Å². The van der Waals surface area contributed by atoms with E-state index in [1.54, 1.807) is 35.3 Å². The van der Waals surface area contributed by atoms with Gasteiger partial charge in [-0.2, -0.15) is 5.10 Å². The average molecular weight is 330 g/mol. The van der Waals surface area contributed by atoms with Gasteiger partial charge in [0.2, 0.25) is 0 Å². The van der Waals surface area contributed by atoms with E-state index in [0.29, 0.717) is 16.3 Å². The standard InChI is InChI=1S/C12H10BrClN2O2/c1-18-12-3-2-8(4-10(12)14)11(17)7-16-6-9(13)5-15-16/h2-6H,7H2,1H3. The third-order valence-electron chi connectivity index (χ3n) is 2.38. The first kappa shape index (κ1) is 13.1. The zero-order valence-electron chi connectivity index (χ0n) is 9.56. The summed E-state index contributed by atoms with van der Waals surface area (Å²) in [5.74, 6) is 0.491. The lowest BCUT2D eigenvalue weighted by Crippen LogP contribution is -2.10. The number of carbonyl (C=O) groups excluding carboxylic acids is 1. The predicted octanol–water partition coefficient (Wildman–Crippen LogP) is 3.19. The van der Waals surface area contributed by atoms with Gasteiger partial charge in [-0.1, -0.05) is 11.6 Å². The highest BCUT2D eigenvalue weighted by atomic mass is 79.9. The van der Waals surface area contributed by atoms with E-state index in [1.807, 2.05) is 0 Å². The molecule has 2 aromatic rings. The molecule has 0 bridgehead atoms. The molecule has 0 unspecified atom stereocenters. The number of benzene rings is 1. The van der Waals surface area contributed by atoms with Crippen LogP contribution in [0.3, 0.4) is 0 Å². The Morgan fingerprint density at radius 2 is 2.33 bits per heavy atom. The number of ether oxygens (including phenoxy) is 1. The minimum absolute atomic E-state index is 0.0600. The van der Waals surface area contributed by atoms with Crippen LogP contribution in [0.4, 0.5) is 0 Å². The molecule has 0 aliphatic carbocycles. The maximum atomic E-state index is 12.0. The highest BCUT2D eigenvalue weighted by molar-refractivity contribution is 9.10. The number of methoxy groups -OCH3 is 1. The number of hydrogen-bond acceptors (Lipinski definition) is 3. The highest BCUT2D eigenvalue weighted by Gasteiger charge is 2.10. The lowest BCUT2D eigenvalue weighted by Gasteiger charge is -2.05. The summed E-state index contributed by atoms with van der Waals surface area (Å²) in [6.07, 6.45) is 3.37. The van der Waals surface area contributed by atoms with E-state index >= 15 is 0 Å². The molecule has 0 atom stereocenters. The Hall–Kier alpha value is -1.33. The molecule has 4 nitrogen and oxygen atoms in total. The summed E-state index contributed by atoms with van der Waals surface area (Å²) in [7, 11) is 1.53. The SMILES string of the molecule is COc1ccc(C(=O)Cn2cc(Br)cn2)cc1Cl. The fourth-order valence-corrected chi connectivity index (χ4v) is 2.09. The monoisotopic (exact) mass is 328 g/mol. The first-order valence-electron chi connectivity index (χ1n) is 5.15. The number of ketones is 1. The zero-order chi connectivity index (χ0) is 13.1. The molecular weight excluding hydrogens is 320 g/mol. The van der Waals surface area contributed by atoms with Crippen LogP contribution in [0, 0.1) is 0 Å². The van der Waals surface area contributed by atoms with Crippen LogP contribution in [0.2, 0.25) is 5.02 Å². The topological polar surface area (TPSA) is 44.1 Å². The average Bonchev–Trinajstić information content (AvgIpc) is 2.74. The second-order valence-corrected chi connectivity index (χ2v) is 4.95. The molecule has 0 radical (unpaired) electrons. The van der Waals surface area contributed by atoms with Gasteiger partial charge >= 0.3 is 0 Å². The van der Waals surface area contributed by atoms with Gasteiger partial charge in [-0.05, 0) is 34.1 Å². The van der Waals surface area contributed by atoms with Crippen LogP contribution in [-0.2, 0) is 6.54 Å². The Morgan fingerprint density at radius 1 is 1.56 bits per heavy atom. The Morgan fingerprint density at radius 3 is 2.89 bits per heavy atom. The molecule has 2 rings (SSSR count).